The number of hydrogen-bond acceptors (Lipinski definition) is 3. The number of pyridine rings is 1. The van der Waals surface area contributed by atoms with Crippen molar-refractivity contribution in [2.24, 2.45) is 0 Å². The first-order valence-corrected chi connectivity index (χ1v) is 6.68. The lowest BCUT2D eigenvalue weighted by Crippen LogP contribution is -2.21. The molecule has 0 fully saturated rings. The molecule has 0 aliphatic rings. The molecule has 0 bridgehead atoms. The molecule has 1 amide bonds. The Morgan fingerprint density at radius 1 is 1.14 bits per heavy atom. The van der Waals surface area contributed by atoms with Crippen LogP contribution in [0.15, 0.2) is 48.5 Å². The van der Waals surface area contributed by atoms with Gasteiger partial charge in [-0.2, -0.15) is 0 Å². The Balaban J connectivity index is 2.16. The first-order valence-electron chi connectivity index (χ1n) is 6.68. The number of carbonyl (C=O) groups is 2. The average Bonchev–Trinajstić information content (AvgIpc) is 2.49. The first kappa shape index (κ1) is 14.7. The van der Waals surface area contributed by atoms with Crippen molar-refractivity contribution in [3.63, 3.8) is 0 Å². The second-order valence-corrected chi connectivity index (χ2v) is 4.57. The number of carboxylic acid groups (broad SMARTS) is 1. The molecule has 0 spiro atoms. The Labute approximate surface area is 122 Å². The van der Waals surface area contributed by atoms with E-state index in [1.807, 2.05) is 37.3 Å². The molecule has 1 aromatic carbocycles. The molecule has 108 valence electrons. The number of amides is 1. The van der Waals surface area contributed by atoms with Gasteiger partial charge in [-0.25, -0.2) is 9.78 Å². The van der Waals surface area contributed by atoms with Gasteiger partial charge in [-0.05, 0) is 24.1 Å². The van der Waals surface area contributed by atoms with Gasteiger partial charge in [-0.15, -0.1) is 0 Å². The SMILES string of the molecule is CCC(C(=O)Nc1cccc(C(=O)O)n1)c1ccccc1. The number of anilines is 1. The molecule has 1 heterocycles. The molecule has 21 heavy (non-hydrogen) atoms. The summed E-state index contributed by atoms with van der Waals surface area (Å²) in [4.78, 5) is 27.1. The van der Waals surface area contributed by atoms with Crippen molar-refractivity contribution >= 4 is 17.7 Å². The number of rotatable bonds is 5. The third kappa shape index (κ3) is 3.66. The van der Waals surface area contributed by atoms with Crippen LogP contribution in [-0.2, 0) is 4.79 Å². The normalized spacial score (nSPS) is 11.7. The van der Waals surface area contributed by atoms with Crippen molar-refractivity contribution in [1.82, 2.24) is 4.98 Å². The summed E-state index contributed by atoms with van der Waals surface area (Å²) in [7, 11) is 0. The van der Waals surface area contributed by atoms with Gasteiger partial charge < -0.3 is 10.4 Å². The maximum atomic E-state index is 12.3. The van der Waals surface area contributed by atoms with Crippen molar-refractivity contribution in [3.8, 4) is 0 Å². The van der Waals surface area contributed by atoms with Crippen LogP contribution in [0.25, 0.3) is 0 Å². The van der Waals surface area contributed by atoms with E-state index < -0.39 is 5.97 Å². The molecule has 0 aliphatic carbocycles. The molecule has 0 saturated heterocycles. The number of aromatic carboxylic acids is 1. The van der Waals surface area contributed by atoms with Crippen LogP contribution in [0.4, 0.5) is 5.82 Å². The van der Waals surface area contributed by atoms with Crippen LogP contribution in [0.2, 0.25) is 0 Å². The Kier molecular flexibility index (Phi) is 4.66. The Bertz CT molecular complexity index is 641. The fourth-order valence-corrected chi connectivity index (χ4v) is 2.09. The number of benzene rings is 1. The van der Waals surface area contributed by atoms with Gasteiger partial charge in [0.2, 0.25) is 5.91 Å². The van der Waals surface area contributed by atoms with Crippen LogP contribution in [0, 0.1) is 0 Å². The largest absolute Gasteiger partial charge is 0.477 e. The highest BCUT2D eigenvalue weighted by Crippen LogP contribution is 2.21. The topological polar surface area (TPSA) is 79.3 Å². The van der Waals surface area contributed by atoms with E-state index >= 15 is 0 Å². The minimum atomic E-state index is -1.12. The molecule has 2 N–H and O–H groups in total. The van der Waals surface area contributed by atoms with Gasteiger partial charge in [0.25, 0.3) is 0 Å². The van der Waals surface area contributed by atoms with Crippen LogP contribution < -0.4 is 5.32 Å². The fraction of sp³-hybridized carbons (Fsp3) is 0.188. The van der Waals surface area contributed by atoms with Crippen molar-refractivity contribution in [3.05, 3.63) is 59.8 Å². The highest BCUT2D eigenvalue weighted by Gasteiger charge is 2.19. The van der Waals surface area contributed by atoms with E-state index in [-0.39, 0.29) is 23.3 Å². The van der Waals surface area contributed by atoms with E-state index in [0.717, 1.165) is 5.56 Å². The van der Waals surface area contributed by atoms with Crippen LogP contribution in [0.5, 0.6) is 0 Å². The molecule has 5 nitrogen and oxygen atoms in total. The van der Waals surface area contributed by atoms with Gasteiger partial charge >= 0.3 is 5.97 Å². The fourth-order valence-electron chi connectivity index (χ4n) is 2.09. The summed E-state index contributed by atoms with van der Waals surface area (Å²) < 4.78 is 0. The summed E-state index contributed by atoms with van der Waals surface area (Å²) in [5, 5.41) is 11.6. The zero-order valence-corrected chi connectivity index (χ0v) is 11.6. The van der Waals surface area contributed by atoms with Crippen molar-refractivity contribution in [2.75, 3.05) is 5.32 Å². The summed E-state index contributed by atoms with van der Waals surface area (Å²) in [6.45, 7) is 1.93. The van der Waals surface area contributed by atoms with E-state index in [2.05, 4.69) is 10.3 Å². The highest BCUT2D eigenvalue weighted by atomic mass is 16.4. The monoisotopic (exact) mass is 284 g/mol. The number of carbonyl (C=O) groups excluding carboxylic acids is 1. The maximum absolute atomic E-state index is 12.3. The molecule has 5 heteroatoms. The molecule has 0 aliphatic heterocycles. The van der Waals surface area contributed by atoms with E-state index in [1.165, 1.54) is 6.07 Å². The second kappa shape index (κ2) is 6.65. The quantitative estimate of drug-likeness (QED) is 0.884. The molecule has 1 atom stereocenters. The van der Waals surface area contributed by atoms with E-state index in [4.69, 9.17) is 5.11 Å². The zero-order valence-electron chi connectivity index (χ0n) is 11.6. The van der Waals surface area contributed by atoms with Crippen LogP contribution in [0.3, 0.4) is 0 Å². The molecule has 1 unspecified atom stereocenters. The molecule has 2 aromatic rings. The first-order chi connectivity index (χ1) is 10.1. The van der Waals surface area contributed by atoms with Gasteiger partial charge in [0.05, 0.1) is 5.92 Å². The highest BCUT2D eigenvalue weighted by molar-refractivity contribution is 5.95. The van der Waals surface area contributed by atoms with Crippen molar-refractivity contribution < 1.29 is 14.7 Å². The van der Waals surface area contributed by atoms with E-state index in [9.17, 15) is 9.59 Å². The van der Waals surface area contributed by atoms with Gasteiger partial charge in [0, 0.05) is 0 Å². The van der Waals surface area contributed by atoms with Crippen molar-refractivity contribution in [1.29, 1.82) is 0 Å². The number of nitrogens with zero attached hydrogens (tertiary/aromatic N) is 1. The molecular weight excluding hydrogens is 268 g/mol. The summed E-state index contributed by atoms with van der Waals surface area (Å²) in [5.74, 6) is -1.37. The zero-order chi connectivity index (χ0) is 15.2. The lowest BCUT2D eigenvalue weighted by Gasteiger charge is -2.15. The maximum Gasteiger partial charge on any atom is 0.354 e. The third-order valence-corrected chi connectivity index (χ3v) is 3.15. The van der Waals surface area contributed by atoms with Gasteiger partial charge in [-0.3, -0.25) is 4.79 Å². The van der Waals surface area contributed by atoms with Gasteiger partial charge in [0.1, 0.15) is 5.82 Å². The summed E-state index contributed by atoms with van der Waals surface area (Å²) in [6, 6.07) is 14.0. The third-order valence-electron chi connectivity index (χ3n) is 3.15. The van der Waals surface area contributed by atoms with Crippen molar-refractivity contribution in [2.45, 2.75) is 19.3 Å². The number of nitrogens with one attached hydrogen (secondary N) is 1. The molecule has 0 radical (unpaired) electrons. The number of hydrogen-bond donors (Lipinski definition) is 2. The molecule has 0 saturated carbocycles. The standard InChI is InChI=1S/C16H16N2O3/c1-2-12(11-7-4-3-5-8-11)15(19)18-14-10-6-9-13(17-14)16(20)21/h3-10,12H,2H2,1H3,(H,20,21)(H,17,18,19). The second-order valence-electron chi connectivity index (χ2n) is 4.57. The minimum absolute atomic E-state index is 0.0967. The van der Waals surface area contributed by atoms with Gasteiger partial charge in [0.15, 0.2) is 5.69 Å². The van der Waals surface area contributed by atoms with Crippen LogP contribution >= 0.6 is 0 Å². The lowest BCUT2D eigenvalue weighted by molar-refractivity contribution is -0.117. The summed E-state index contributed by atoms with van der Waals surface area (Å²) >= 11 is 0. The average molecular weight is 284 g/mol. The Morgan fingerprint density at radius 2 is 1.86 bits per heavy atom. The Morgan fingerprint density at radius 3 is 2.48 bits per heavy atom. The Hall–Kier alpha value is -2.69. The summed E-state index contributed by atoms with van der Waals surface area (Å²) in [5.41, 5.74) is 0.826. The smallest absolute Gasteiger partial charge is 0.354 e. The van der Waals surface area contributed by atoms with Crippen LogP contribution in [0.1, 0.15) is 35.3 Å². The molecule has 2 rings (SSSR count). The lowest BCUT2D eigenvalue weighted by atomic mass is 9.96. The molecule has 1 aromatic heterocycles. The predicted octanol–water partition coefficient (Wildman–Crippen LogP) is 2.91. The molecular formula is C16H16N2O3. The summed E-state index contributed by atoms with van der Waals surface area (Å²) in [6.07, 6.45) is 0.647. The van der Waals surface area contributed by atoms with E-state index in [0.29, 0.717) is 6.42 Å². The minimum Gasteiger partial charge on any atom is -0.477 e. The number of carboxylic acids is 1. The van der Waals surface area contributed by atoms with Crippen LogP contribution in [-0.4, -0.2) is 22.0 Å². The van der Waals surface area contributed by atoms with E-state index in [1.54, 1.807) is 12.1 Å². The predicted molar refractivity (Wildman–Crippen MR) is 79.3 cm³/mol. The number of aromatic nitrogens is 1. The van der Waals surface area contributed by atoms with Gasteiger partial charge in [-0.1, -0.05) is 43.3 Å².